The monoisotopic (exact) mass is 188 g/mol. The fourth-order valence-corrected chi connectivity index (χ4v) is 1.22. The van der Waals surface area contributed by atoms with Crippen molar-refractivity contribution in [3.63, 3.8) is 0 Å². The lowest BCUT2D eigenvalue weighted by atomic mass is 10.1. The molecule has 0 atom stereocenters. The standard InChI is InChI=1S/C10H8N2O2/c1-2-4-8-5-3-6-9(7-11)10(8)12(13)14/h2-3,5-6H,1,4H2. The zero-order valence-electron chi connectivity index (χ0n) is 7.43. The van der Waals surface area contributed by atoms with Crippen molar-refractivity contribution in [2.75, 3.05) is 0 Å². The third-order valence-corrected chi connectivity index (χ3v) is 1.79. The van der Waals surface area contributed by atoms with Crippen LogP contribution in [0.2, 0.25) is 0 Å². The topological polar surface area (TPSA) is 66.9 Å². The number of nitro benzene ring substituents is 1. The Kier molecular flexibility index (Phi) is 2.97. The Balaban J connectivity index is 3.36. The molecule has 0 heterocycles. The summed E-state index contributed by atoms with van der Waals surface area (Å²) in [4.78, 5) is 10.2. The van der Waals surface area contributed by atoms with Crippen LogP contribution in [0.15, 0.2) is 30.9 Å². The van der Waals surface area contributed by atoms with Crippen molar-refractivity contribution in [2.24, 2.45) is 0 Å². The van der Waals surface area contributed by atoms with Crippen LogP contribution in [-0.4, -0.2) is 4.92 Å². The number of nitrogens with zero attached hydrogens (tertiary/aromatic N) is 2. The molecule has 1 aromatic carbocycles. The number of hydrogen-bond acceptors (Lipinski definition) is 3. The van der Waals surface area contributed by atoms with Crippen LogP contribution in [0.4, 0.5) is 5.69 Å². The molecule has 0 radical (unpaired) electrons. The van der Waals surface area contributed by atoms with E-state index in [1.54, 1.807) is 24.3 Å². The van der Waals surface area contributed by atoms with E-state index >= 15 is 0 Å². The highest BCUT2D eigenvalue weighted by atomic mass is 16.6. The lowest BCUT2D eigenvalue weighted by Gasteiger charge is -2.00. The van der Waals surface area contributed by atoms with E-state index in [1.165, 1.54) is 6.07 Å². The minimum absolute atomic E-state index is 0.0920. The largest absolute Gasteiger partial charge is 0.290 e. The van der Waals surface area contributed by atoms with E-state index in [-0.39, 0.29) is 11.3 Å². The molecular formula is C10H8N2O2. The molecule has 0 unspecified atom stereocenters. The Labute approximate surface area is 81.2 Å². The van der Waals surface area contributed by atoms with Gasteiger partial charge in [-0.3, -0.25) is 10.1 Å². The highest BCUT2D eigenvalue weighted by Gasteiger charge is 2.17. The third-order valence-electron chi connectivity index (χ3n) is 1.79. The fraction of sp³-hybridized carbons (Fsp3) is 0.100. The molecule has 0 saturated heterocycles. The van der Waals surface area contributed by atoms with Gasteiger partial charge >= 0.3 is 0 Å². The highest BCUT2D eigenvalue weighted by Crippen LogP contribution is 2.23. The first-order chi connectivity index (χ1) is 6.70. The van der Waals surface area contributed by atoms with E-state index in [0.717, 1.165) is 0 Å². The van der Waals surface area contributed by atoms with Gasteiger partial charge in [-0.1, -0.05) is 18.2 Å². The predicted octanol–water partition coefficient (Wildman–Crippen LogP) is 2.19. The molecule has 4 nitrogen and oxygen atoms in total. The Bertz CT molecular complexity index is 419. The Morgan fingerprint density at radius 1 is 1.64 bits per heavy atom. The van der Waals surface area contributed by atoms with E-state index in [0.29, 0.717) is 12.0 Å². The van der Waals surface area contributed by atoms with Gasteiger partial charge in [-0.05, 0) is 12.5 Å². The van der Waals surface area contributed by atoms with Gasteiger partial charge in [0.25, 0.3) is 5.69 Å². The second-order valence-electron chi connectivity index (χ2n) is 2.68. The molecule has 0 N–H and O–H groups in total. The summed E-state index contributed by atoms with van der Waals surface area (Å²) >= 11 is 0. The zero-order valence-corrected chi connectivity index (χ0v) is 7.43. The van der Waals surface area contributed by atoms with Gasteiger partial charge in [-0.15, -0.1) is 6.58 Å². The van der Waals surface area contributed by atoms with Crippen LogP contribution in [-0.2, 0) is 6.42 Å². The van der Waals surface area contributed by atoms with E-state index in [4.69, 9.17) is 5.26 Å². The highest BCUT2D eigenvalue weighted by molar-refractivity contribution is 5.54. The van der Waals surface area contributed by atoms with Crippen molar-refractivity contribution >= 4 is 5.69 Å². The average molecular weight is 188 g/mol. The van der Waals surface area contributed by atoms with E-state index in [9.17, 15) is 10.1 Å². The van der Waals surface area contributed by atoms with Gasteiger partial charge in [0.15, 0.2) is 0 Å². The number of hydrogen-bond donors (Lipinski definition) is 0. The summed E-state index contributed by atoms with van der Waals surface area (Å²) in [5, 5.41) is 19.4. The van der Waals surface area contributed by atoms with Crippen molar-refractivity contribution in [1.29, 1.82) is 5.26 Å². The molecule has 0 aliphatic carbocycles. The summed E-state index contributed by atoms with van der Waals surface area (Å²) in [7, 11) is 0. The molecule has 0 amide bonds. The molecule has 1 aromatic rings. The fourth-order valence-electron chi connectivity index (χ4n) is 1.22. The Morgan fingerprint density at radius 3 is 2.86 bits per heavy atom. The molecule has 0 aliphatic heterocycles. The number of allylic oxidation sites excluding steroid dienone is 1. The van der Waals surface area contributed by atoms with Crippen molar-refractivity contribution in [2.45, 2.75) is 6.42 Å². The lowest BCUT2D eigenvalue weighted by Crippen LogP contribution is -1.97. The first-order valence-electron chi connectivity index (χ1n) is 3.98. The second-order valence-corrected chi connectivity index (χ2v) is 2.68. The summed E-state index contributed by atoms with van der Waals surface area (Å²) in [6, 6.07) is 6.49. The Hall–Kier alpha value is -2.15. The van der Waals surface area contributed by atoms with Crippen LogP contribution in [0.5, 0.6) is 0 Å². The van der Waals surface area contributed by atoms with Gasteiger partial charge in [-0.25, -0.2) is 0 Å². The molecule has 0 bridgehead atoms. The summed E-state index contributed by atoms with van der Waals surface area (Å²) < 4.78 is 0. The van der Waals surface area contributed by atoms with Gasteiger partial charge in [0.05, 0.1) is 4.92 Å². The molecule has 0 aromatic heterocycles. The average Bonchev–Trinajstić information content (AvgIpc) is 2.17. The molecule has 70 valence electrons. The molecule has 14 heavy (non-hydrogen) atoms. The number of nitriles is 1. The molecule has 0 fully saturated rings. The minimum Gasteiger partial charge on any atom is -0.258 e. The summed E-state index contributed by atoms with van der Waals surface area (Å²) in [5.74, 6) is 0. The third kappa shape index (κ3) is 1.77. The summed E-state index contributed by atoms with van der Waals surface area (Å²) in [6.45, 7) is 3.51. The maximum absolute atomic E-state index is 10.7. The molecule has 0 saturated carbocycles. The summed E-state index contributed by atoms with van der Waals surface area (Å²) in [6.07, 6.45) is 1.97. The number of rotatable bonds is 3. The number of para-hydroxylation sites is 1. The molecule has 0 aliphatic rings. The van der Waals surface area contributed by atoms with Gasteiger partial charge in [-0.2, -0.15) is 5.26 Å². The molecular weight excluding hydrogens is 180 g/mol. The SMILES string of the molecule is C=CCc1cccc(C#N)c1[N+](=O)[O-]. The van der Waals surface area contributed by atoms with Crippen LogP contribution in [0, 0.1) is 21.4 Å². The van der Waals surface area contributed by atoms with Crippen LogP contribution < -0.4 is 0 Å². The second kappa shape index (κ2) is 4.19. The van der Waals surface area contributed by atoms with E-state index in [2.05, 4.69) is 6.58 Å². The quantitative estimate of drug-likeness (QED) is 0.415. The lowest BCUT2D eigenvalue weighted by molar-refractivity contribution is -0.385. The van der Waals surface area contributed by atoms with Gasteiger partial charge in [0, 0.05) is 5.56 Å². The smallest absolute Gasteiger partial charge is 0.258 e. The maximum Gasteiger partial charge on any atom is 0.290 e. The van der Waals surface area contributed by atoms with Crippen molar-refractivity contribution in [3.05, 3.63) is 52.1 Å². The first-order valence-corrected chi connectivity index (χ1v) is 3.98. The van der Waals surface area contributed by atoms with E-state index in [1.807, 2.05) is 0 Å². The van der Waals surface area contributed by atoms with Crippen LogP contribution in [0.3, 0.4) is 0 Å². The van der Waals surface area contributed by atoms with Gasteiger partial charge in [0.1, 0.15) is 11.6 Å². The van der Waals surface area contributed by atoms with Crippen molar-refractivity contribution in [1.82, 2.24) is 0 Å². The zero-order chi connectivity index (χ0) is 10.6. The minimum atomic E-state index is -0.530. The van der Waals surface area contributed by atoms with Crippen LogP contribution in [0.25, 0.3) is 0 Å². The molecule has 0 spiro atoms. The predicted molar refractivity (Wildman–Crippen MR) is 51.7 cm³/mol. The first kappa shape index (κ1) is 9.93. The number of nitro groups is 1. The number of benzene rings is 1. The van der Waals surface area contributed by atoms with Crippen molar-refractivity contribution < 1.29 is 4.92 Å². The van der Waals surface area contributed by atoms with Crippen LogP contribution in [0.1, 0.15) is 11.1 Å². The molecule has 4 heteroatoms. The van der Waals surface area contributed by atoms with E-state index < -0.39 is 4.92 Å². The summed E-state index contributed by atoms with van der Waals surface area (Å²) in [5.41, 5.74) is 0.494. The van der Waals surface area contributed by atoms with Crippen molar-refractivity contribution in [3.8, 4) is 6.07 Å². The normalized spacial score (nSPS) is 9.07. The van der Waals surface area contributed by atoms with Gasteiger partial charge < -0.3 is 0 Å². The van der Waals surface area contributed by atoms with Gasteiger partial charge in [0.2, 0.25) is 0 Å². The maximum atomic E-state index is 10.7. The van der Waals surface area contributed by atoms with Crippen LogP contribution >= 0.6 is 0 Å². The molecule has 1 rings (SSSR count). The Morgan fingerprint density at radius 2 is 2.36 bits per heavy atom.